The molecule has 0 N–H and O–H groups in total. The van der Waals surface area contributed by atoms with Crippen LogP contribution in [0.25, 0.3) is 0 Å². The Kier molecular flexibility index (Phi) is 3.74. The zero-order valence-electron chi connectivity index (χ0n) is 8.82. The Hall–Kier alpha value is -1.25. The lowest BCUT2D eigenvalue weighted by Gasteiger charge is -2.24. The predicted octanol–water partition coefficient (Wildman–Crippen LogP) is 2.04. The SMILES string of the molecule is CC=C[C@H](C)[C@@H]1CC=C(OC)C(=O)O1. The van der Waals surface area contributed by atoms with Crippen LogP contribution in [0.4, 0.5) is 0 Å². The maximum atomic E-state index is 11.3. The van der Waals surface area contributed by atoms with E-state index in [4.69, 9.17) is 9.47 Å². The Labute approximate surface area is 84.4 Å². The molecule has 0 fully saturated rings. The number of allylic oxidation sites excluding steroid dienone is 1. The summed E-state index contributed by atoms with van der Waals surface area (Å²) in [5.74, 6) is 0.202. The van der Waals surface area contributed by atoms with E-state index in [1.54, 1.807) is 6.08 Å². The van der Waals surface area contributed by atoms with Crippen molar-refractivity contribution in [2.24, 2.45) is 5.92 Å². The zero-order chi connectivity index (χ0) is 10.6. The number of methoxy groups -OCH3 is 1. The van der Waals surface area contributed by atoms with Gasteiger partial charge >= 0.3 is 5.97 Å². The number of carbonyl (C=O) groups excluding carboxylic acids is 1. The summed E-state index contributed by atoms with van der Waals surface area (Å²) in [7, 11) is 1.47. The molecule has 0 amide bonds. The normalized spacial score (nSPS) is 24.4. The second kappa shape index (κ2) is 4.84. The van der Waals surface area contributed by atoms with E-state index in [1.165, 1.54) is 7.11 Å². The summed E-state index contributed by atoms with van der Waals surface area (Å²) in [5, 5.41) is 0. The van der Waals surface area contributed by atoms with E-state index in [0.29, 0.717) is 5.76 Å². The smallest absolute Gasteiger partial charge is 0.373 e. The summed E-state index contributed by atoms with van der Waals surface area (Å²) < 4.78 is 10.1. The highest BCUT2D eigenvalue weighted by atomic mass is 16.6. The fourth-order valence-corrected chi connectivity index (χ4v) is 1.47. The molecule has 78 valence electrons. The van der Waals surface area contributed by atoms with Crippen LogP contribution in [0.3, 0.4) is 0 Å². The number of hydrogen-bond acceptors (Lipinski definition) is 3. The Morgan fingerprint density at radius 2 is 2.43 bits per heavy atom. The van der Waals surface area contributed by atoms with Crippen LogP contribution < -0.4 is 0 Å². The molecule has 0 aromatic rings. The average Bonchev–Trinajstić information content (AvgIpc) is 2.18. The molecule has 3 nitrogen and oxygen atoms in total. The molecule has 0 saturated heterocycles. The van der Waals surface area contributed by atoms with Gasteiger partial charge in [0.2, 0.25) is 0 Å². The molecule has 1 aliphatic heterocycles. The van der Waals surface area contributed by atoms with Crippen molar-refractivity contribution in [2.75, 3.05) is 7.11 Å². The van der Waals surface area contributed by atoms with Crippen molar-refractivity contribution in [1.82, 2.24) is 0 Å². The zero-order valence-corrected chi connectivity index (χ0v) is 8.82. The van der Waals surface area contributed by atoms with Gasteiger partial charge in [-0.25, -0.2) is 4.79 Å². The van der Waals surface area contributed by atoms with Crippen LogP contribution in [-0.2, 0) is 14.3 Å². The summed E-state index contributed by atoms with van der Waals surface area (Å²) in [6.45, 7) is 3.99. The molecule has 0 saturated carbocycles. The number of esters is 1. The maximum absolute atomic E-state index is 11.3. The van der Waals surface area contributed by atoms with E-state index in [-0.39, 0.29) is 18.0 Å². The van der Waals surface area contributed by atoms with E-state index in [9.17, 15) is 4.79 Å². The number of rotatable bonds is 3. The molecule has 3 heteroatoms. The highest BCUT2D eigenvalue weighted by Gasteiger charge is 2.26. The van der Waals surface area contributed by atoms with Gasteiger partial charge in [-0.05, 0) is 13.0 Å². The van der Waals surface area contributed by atoms with Crippen molar-refractivity contribution in [3.05, 3.63) is 24.0 Å². The summed E-state index contributed by atoms with van der Waals surface area (Å²) in [6, 6.07) is 0. The van der Waals surface area contributed by atoms with Crippen molar-refractivity contribution in [3.8, 4) is 0 Å². The van der Waals surface area contributed by atoms with E-state index >= 15 is 0 Å². The van der Waals surface area contributed by atoms with Gasteiger partial charge in [-0.2, -0.15) is 0 Å². The molecule has 0 aromatic heterocycles. The van der Waals surface area contributed by atoms with E-state index in [0.717, 1.165) is 6.42 Å². The van der Waals surface area contributed by atoms with Crippen LogP contribution in [0.1, 0.15) is 20.3 Å². The molecule has 0 radical (unpaired) electrons. The lowest BCUT2D eigenvalue weighted by atomic mass is 9.99. The molecular formula is C11H16O3. The van der Waals surface area contributed by atoms with Gasteiger partial charge in [0.25, 0.3) is 0 Å². The monoisotopic (exact) mass is 196 g/mol. The summed E-state index contributed by atoms with van der Waals surface area (Å²) in [5.41, 5.74) is 0. The number of cyclic esters (lactones) is 1. The van der Waals surface area contributed by atoms with Crippen molar-refractivity contribution in [1.29, 1.82) is 0 Å². The highest BCUT2D eigenvalue weighted by molar-refractivity contribution is 5.87. The first-order valence-corrected chi connectivity index (χ1v) is 4.77. The van der Waals surface area contributed by atoms with Crippen molar-refractivity contribution in [2.45, 2.75) is 26.4 Å². The first-order valence-electron chi connectivity index (χ1n) is 4.77. The van der Waals surface area contributed by atoms with Crippen molar-refractivity contribution >= 4 is 5.97 Å². The summed E-state index contributed by atoms with van der Waals surface area (Å²) in [4.78, 5) is 11.3. The van der Waals surface area contributed by atoms with Crippen LogP contribution >= 0.6 is 0 Å². The molecule has 1 aliphatic rings. The third kappa shape index (κ3) is 2.37. The highest BCUT2D eigenvalue weighted by Crippen LogP contribution is 2.21. The number of ether oxygens (including phenoxy) is 2. The van der Waals surface area contributed by atoms with Crippen LogP contribution in [0.2, 0.25) is 0 Å². The van der Waals surface area contributed by atoms with Crippen LogP contribution in [0.15, 0.2) is 24.0 Å². The summed E-state index contributed by atoms with van der Waals surface area (Å²) in [6.07, 6.45) is 6.45. The van der Waals surface area contributed by atoms with Crippen LogP contribution in [0, 0.1) is 5.92 Å². The second-order valence-corrected chi connectivity index (χ2v) is 3.34. The number of carbonyl (C=O) groups is 1. The second-order valence-electron chi connectivity index (χ2n) is 3.34. The van der Waals surface area contributed by atoms with Gasteiger partial charge in [-0.15, -0.1) is 0 Å². The van der Waals surface area contributed by atoms with Gasteiger partial charge in [0, 0.05) is 12.3 Å². The van der Waals surface area contributed by atoms with E-state index in [1.807, 2.05) is 26.0 Å². The minimum absolute atomic E-state index is 0.0578. The first-order chi connectivity index (χ1) is 6.69. The molecule has 2 atom stereocenters. The van der Waals surface area contributed by atoms with Gasteiger partial charge in [0.15, 0.2) is 5.76 Å². The quantitative estimate of drug-likeness (QED) is 0.512. The first kappa shape index (κ1) is 10.8. The Balaban J connectivity index is 2.63. The molecule has 0 spiro atoms. The lowest BCUT2D eigenvalue weighted by Crippen LogP contribution is -2.28. The Bertz CT molecular complexity index is 266. The molecule has 1 rings (SSSR count). The molecule has 0 unspecified atom stereocenters. The molecule has 0 aromatic carbocycles. The maximum Gasteiger partial charge on any atom is 0.373 e. The fraction of sp³-hybridized carbons (Fsp3) is 0.545. The standard InChI is InChI=1S/C11H16O3/c1-4-5-8(2)9-6-7-10(13-3)11(12)14-9/h4-5,7-9H,6H2,1-3H3/t8-,9-/m0/s1. The molecule has 0 bridgehead atoms. The van der Waals surface area contributed by atoms with Gasteiger partial charge < -0.3 is 9.47 Å². The minimum Gasteiger partial charge on any atom is -0.490 e. The molecule has 14 heavy (non-hydrogen) atoms. The fourth-order valence-electron chi connectivity index (χ4n) is 1.47. The number of hydrogen-bond donors (Lipinski definition) is 0. The van der Waals surface area contributed by atoms with Gasteiger partial charge in [-0.1, -0.05) is 19.1 Å². The van der Waals surface area contributed by atoms with Gasteiger partial charge in [-0.3, -0.25) is 0 Å². The lowest BCUT2D eigenvalue weighted by molar-refractivity contribution is -0.151. The molecule has 0 aliphatic carbocycles. The van der Waals surface area contributed by atoms with E-state index < -0.39 is 0 Å². The molecule has 1 heterocycles. The predicted molar refractivity (Wildman–Crippen MR) is 53.6 cm³/mol. The third-order valence-electron chi connectivity index (χ3n) is 2.30. The Morgan fingerprint density at radius 1 is 1.71 bits per heavy atom. The van der Waals surface area contributed by atoms with Crippen LogP contribution in [-0.4, -0.2) is 19.2 Å². The van der Waals surface area contributed by atoms with Crippen LogP contribution in [0.5, 0.6) is 0 Å². The summed E-state index contributed by atoms with van der Waals surface area (Å²) >= 11 is 0. The Morgan fingerprint density at radius 3 is 2.93 bits per heavy atom. The van der Waals surface area contributed by atoms with Gasteiger partial charge in [0.05, 0.1) is 7.11 Å². The third-order valence-corrected chi connectivity index (χ3v) is 2.30. The van der Waals surface area contributed by atoms with E-state index in [2.05, 4.69) is 0 Å². The van der Waals surface area contributed by atoms with Crippen molar-refractivity contribution in [3.63, 3.8) is 0 Å². The minimum atomic E-state index is -0.361. The topological polar surface area (TPSA) is 35.5 Å². The van der Waals surface area contributed by atoms with Gasteiger partial charge in [0.1, 0.15) is 6.10 Å². The molecular weight excluding hydrogens is 180 g/mol. The average molecular weight is 196 g/mol. The largest absolute Gasteiger partial charge is 0.490 e. The van der Waals surface area contributed by atoms with Crippen molar-refractivity contribution < 1.29 is 14.3 Å².